The highest BCUT2D eigenvalue weighted by Crippen LogP contribution is 2.51. The van der Waals surface area contributed by atoms with Gasteiger partial charge in [-0.15, -0.1) is 0 Å². The van der Waals surface area contributed by atoms with Crippen molar-refractivity contribution in [2.75, 3.05) is 11.4 Å². The van der Waals surface area contributed by atoms with Gasteiger partial charge in [0.05, 0.1) is 10.3 Å². The van der Waals surface area contributed by atoms with Crippen LogP contribution in [0.25, 0.3) is 6.08 Å². The molecule has 1 saturated carbocycles. The highest BCUT2D eigenvalue weighted by atomic mass is 32.2. The summed E-state index contributed by atoms with van der Waals surface area (Å²) in [6, 6.07) is 15.8. The number of carbonyl (C=O) groups excluding carboxylic acids is 1. The molecular formula is C35H40N2O5S2. The number of amides is 1. The first-order valence-corrected chi connectivity index (χ1v) is 16.4. The number of hydrogen-bond donors (Lipinski definition) is 2. The van der Waals surface area contributed by atoms with E-state index in [0.29, 0.717) is 23.3 Å². The third-order valence-electron chi connectivity index (χ3n) is 9.36. The first-order chi connectivity index (χ1) is 20.8. The number of nitrogens with zero attached hydrogens (tertiary/aromatic N) is 2. The molecule has 5 rings (SSSR count). The van der Waals surface area contributed by atoms with Crippen molar-refractivity contribution in [2.24, 2.45) is 5.41 Å². The van der Waals surface area contributed by atoms with Gasteiger partial charge in [-0.25, -0.2) is 0 Å². The zero-order valence-electron chi connectivity index (χ0n) is 25.7. The van der Waals surface area contributed by atoms with E-state index in [0.717, 1.165) is 41.5 Å². The number of thioether (sulfide) groups is 1. The van der Waals surface area contributed by atoms with Crippen LogP contribution in [0.2, 0.25) is 0 Å². The maximum Gasteiger partial charge on any atom is 0.323 e. The lowest BCUT2D eigenvalue weighted by Crippen LogP contribution is -2.33. The molecule has 7 nitrogen and oxygen atoms in total. The van der Waals surface area contributed by atoms with Crippen LogP contribution in [0.5, 0.6) is 0 Å². The quantitative estimate of drug-likeness (QED) is 0.202. The van der Waals surface area contributed by atoms with Crippen molar-refractivity contribution in [3.8, 4) is 0 Å². The Labute approximate surface area is 269 Å². The minimum atomic E-state index is -1.09. The molecule has 2 N–H and O–H groups in total. The van der Waals surface area contributed by atoms with Crippen LogP contribution in [0.15, 0.2) is 59.5 Å². The van der Waals surface area contributed by atoms with E-state index in [9.17, 15) is 19.5 Å². The highest BCUT2D eigenvalue weighted by molar-refractivity contribution is 8.26. The van der Waals surface area contributed by atoms with E-state index in [4.69, 9.17) is 17.3 Å². The molecule has 1 amide bonds. The zero-order valence-corrected chi connectivity index (χ0v) is 27.3. The first kappa shape index (κ1) is 32.0. The van der Waals surface area contributed by atoms with Crippen LogP contribution >= 0.6 is 24.0 Å². The van der Waals surface area contributed by atoms with Gasteiger partial charge in [0.25, 0.3) is 5.91 Å². The Morgan fingerprint density at radius 2 is 1.73 bits per heavy atom. The van der Waals surface area contributed by atoms with Crippen molar-refractivity contribution < 1.29 is 24.6 Å². The van der Waals surface area contributed by atoms with Crippen molar-refractivity contribution in [1.29, 1.82) is 0 Å². The number of carbonyl (C=O) groups is 3. The van der Waals surface area contributed by atoms with Gasteiger partial charge >= 0.3 is 11.9 Å². The molecule has 2 unspecified atom stereocenters. The maximum absolute atomic E-state index is 12.6. The number of carboxylic acids is 2. The molecule has 2 aliphatic heterocycles. The van der Waals surface area contributed by atoms with E-state index in [-0.39, 0.29) is 15.6 Å². The van der Waals surface area contributed by atoms with Crippen LogP contribution in [0.4, 0.5) is 11.4 Å². The van der Waals surface area contributed by atoms with Crippen molar-refractivity contribution in [2.45, 2.75) is 83.6 Å². The molecule has 2 aromatic carbocycles. The van der Waals surface area contributed by atoms with Crippen LogP contribution in [0, 0.1) is 5.41 Å². The number of allylic oxidation sites excluding steroid dienone is 2. The number of fused-ring (bicyclic) bond motifs is 3. The van der Waals surface area contributed by atoms with Gasteiger partial charge in [0.2, 0.25) is 0 Å². The Balaban J connectivity index is 1.35. The normalized spacial score (nSPS) is 21.3. The summed E-state index contributed by atoms with van der Waals surface area (Å²) in [6.07, 6.45) is 11.6. The van der Waals surface area contributed by atoms with Gasteiger partial charge in [0, 0.05) is 23.3 Å². The van der Waals surface area contributed by atoms with Crippen molar-refractivity contribution >= 4 is 63.6 Å². The standard InChI is InChI=1S/C35H40N2O5S2/c1-34(2,18-19-35(3,4)32(41)42)23-13-15-24(16-14-23)37-27-10-6-5-9-25(27)26-20-22(12-17-28(26)37)8-7-11-29-31(40)36(21-30(38)39)33(43)44-29/h7-8,11-17,20,25,27H,5-6,9-10,18-19,21H2,1-4H3,(H,38,39)(H,41,42). The van der Waals surface area contributed by atoms with Crippen molar-refractivity contribution in [3.05, 3.63) is 76.2 Å². The minimum Gasteiger partial charge on any atom is -0.481 e. The van der Waals surface area contributed by atoms with Gasteiger partial charge in [-0.1, -0.05) is 81.0 Å². The molecule has 1 saturated heterocycles. The molecule has 2 heterocycles. The lowest BCUT2D eigenvalue weighted by atomic mass is 9.75. The minimum absolute atomic E-state index is 0.140. The van der Waals surface area contributed by atoms with Crippen LogP contribution < -0.4 is 4.90 Å². The number of rotatable bonds is 10. The predicted molar refractivity (Wildman–Crippen MR) is 180 cm³/mol. The highest BCUT2D eigenvalue weighted by Gasteiger charge is 2.41. The van der Waals surface area contributed by atoms with Gasteiger partial charge in [-0.05, 0) is 92.0 Å². The molecule has 1 aliphatic carbocycles. The summed E-state index contributed by atoms with van der Waals surface area (Å²) in [4.78, 5) is 39.3. The lowest BCUT2D eigenvalue weighted by molar-refractivity contribution is -0.147. The number of carboxylic acid groups (broad SMARTS) is 2. The van der Waals surface area contributed by atoms with Gasteiger partial charge < -0.3 is 15.1 Å². The van der Waals surface area contributed by atoms with Crippen LogP contribution in [0.3, 0.4) is 0 Å². The molecular weight excluding hydrogens is 593 g/mol. The molecule has 2 aromatic rings. The molecule has 44 heavy (non-hydrogen) atoms. The van der Waals surface area contributed by atoms with Crippen molar-refractivity contribution in [1.82, 2.24) is 4.90 Å². The summed E-state index contributed by atoms with van der Waals surface area (Å²) in [5.41, 5.74) is 5.14. The Hall–Kier alpha value is -3.43. The van der Waals surface area contributed by atoms with E-state index in [1.165, 1.54) is 35.3 Å². The molecule has 0 spiro atoms. The number of aliphatic carboxylic acids is 2. The zero-order chi connectivity index (χ0) is 31.8. The first-order valence-electron chi connectivity index (χ1n) is 15.2. The van der Waals surface area contributed by atoms with Crippen LogP contribution in [-0.2, 0) is 19.8 Å². The summed E-state index contributed by atoms with van der Waals surface area (Å²) >= 11 is 6.31. The van der Waals surface area contributed by atoms with Crippen LogP contribution in [0.1, 0.15) is 88.8 Å². The van der Waals surface area contributed by atoms with E-state index >= 15 is 0 Å². The molecule has 0 aromatic heterocycles. The largest absolute Gasteiger partial charge is 0.481 e. The average molecular weight is 633 g/mol. The summed E-state index contributed by atoms with van der Waals surface area (Å²) in [5, 5.41) is 18.6. The number of thiocarbonyl (C=S) groups is 1. The lowest BCUT2D eigenvalue weighted by Gasteiger charge is -2.34. The Morgan fingerprint density at radius 3 is 2.41 bits per heavy atom. The topological polar surface area (TPSA) is 98.2 Å². The Bertz CT molecular complexity index is 1540. The fraction of sp³-hybridized carbons (Fsp3) is 0.429. The second-order valence-corrected chi connectivity index (χ2v) is 15.0. The molecule has 0 radical (unpaired) electrons. The van der Waals surface area contributed by atoms with E-state index in [2.05, 4.69) is 61.2 Å². The van der Waals surface area contributed by atoms with Gasteiger partial charge in [-0.3, -0.25) is 19.3 Å². The van der Waals surface area contributed by atoms with Gasteiger partial charge in [0.1, 0.15) is 10.9 Å². The average Bonchev–Trinajstić information content (AvgIpc) is 3.45. The molecule has 232 valence electrons. The fourth-order valence-electron chi connectivity index (χ4n) is 6.47. The molecule has 9 heteroatoms. The second-order valence-electron chi connectivity index (χ2n) is 13.3. The SMILES string of the molecule is CC(C)(CCC(C)(C)c1ccc(N2c3ccc(C=CC=C4SC(=S)N(CC(=O)O)C4=O)cc3C3CCCCC32)cc1)C(=O)O. The Morgan fingerprint density at radius 1 is 1.02 bits per heavy atom. The summed E-state index contributed by atoms with van der Waals surface area (Å²) in [6.45, 7) is 7.54. The predicted octanol–water partition coefficient (Wildman–Crippen LogP) is 7.88. The van der Waals surface area contributed by atoms with Crippen LogP contribution in [-0.4, -0.2) is 49.9 Å². The fourth-order valence-corrected chi connectivity index (χ4v) is 7.67. The third-order valence-corrected chi connectivity index (χ3v) is 10.8. The van der Waals surface area contributed by atoms with Gasteiger partial charge in [0.15, 0.2) is 0 Å². The molecule has 2 atom stereocenters. The van der Waals surface area contributed by atoms with E-state index in [1.807, 2.05) is 12.2 Å². The molecule has 3 aliphatic rings. The third kappa shape index (κ3) is 6.49. The van der Waals surface area contributed by atoms with Crippen molar-refractivity contribution in [3.63, 3.8) is 0 Å². The maximum atomic E-state index is 12.6. The summed E-state index contributed by atoms with van der Waals surface area (Å²) in [5.74, 6) is -1.77. The molecule has 2 fully saturated rings. The van der Waals surface area contributed by atoms with E-state index in [1.54, 1.807) is 19.9 Å². The number of benzene rings is 2. The number of hydrogen-bond acceptors (Lipinski definition) is 6. The second kappa shape index (κ2) is 12.5. The summed E-state index contributed by atoms with van der Waals surface area (Å²) in [7, 11) is 0. The molecule has 0 bridgehead atoms. The monoisotopic (exact) mass is 632 g/mol. The smallest absolute Gasteiger partial charge is 0.323 e. The van der Waals surface area contributed by atoms with E-state index < -0.39 is 23.9 Å². The summed E-state index contributed by atoms with van der Waals surface area (Å²) < 4.78 is 0.261. The van der Waals surface area contributed by atoms with Gasteiger partial charge in [-0.2, -0.15) is 0 Å². The Kier molecular flexibility index (Phi) is 9.10. The number of anilines is 2.